The fraction of sp³-hybridized carbons (Fsp3) is 0.857. The molecule has 0 aromatic rings. The molecule has 2 aliphatic carbocycles. The Balaban J connectivity index is 1.50. The van der Waals surface area contributed by atoms with Gasteiger partial charge in [-0.1, -0.05) is 25.7 Å². The average Bonchev–Trinajstić information content (AvgIpc) is 3.12. The third-order valence-electron chi connectivity index (χ3n) is 7.66. The van der Waals surface area contributed by atoms with Gasteiger partial charge in [-0.25, -0.2) is 13.5 Å². The van der Waals surface area contributed by atoms with Crippen LogP contribution in [0.4, 0.5) is 0 Å². The van der Waals surface area contributed by atoms with Crippen LogP contribution in [0.1, 0.15) is 51.4 Å². The van der Waals surface area contributed by atoms with Gasteiger partial charge in [-0.2, -0.15) is 0 Å². The number of carbonyl (C=O) groups is 3. The number of sulfone groups is 1. The maximum Gasteiger partial charge on any atom is 0.245 e. The van der Waals surface area contributed by atoms with Crippen molar-refractivity contribution < 1.29 is 28.0 Å². The van der Waals surface area contributed by atoms with Crippen molar-refractivity contribution in [1.29, 1.82) is 0 Å². The smallest absolute Gasteiger partial charge is 0.245 e. The van der Waals surface area contributed by atoms with Gasteiger partial charge in [0.1, 0.15) is 6.04 Å². The molecule has 4 aliphatic rings. The second-order valence-electron chi connectivity index (χ2n) is 9.97. The fourth-order valence-corrected chi connectivity index (χ4v) is 6.80. The molecule has 2 saturated carbocycles. The third kappa shape index (κ3) is 5.05. The number of carbonyl (C=O) groups excluding carboxylic acids is 3. The summed E-state index contributed by atoms with van der Waals surface area (Å²) in [6.45, 7) is 0.814. The Labute approximate surface area is 183 Å². The van der Waals surface area contributed by atoms with Crippen molar-refractivity contribution >= 4 is 28.1 Å². The number of nitrogens with zero attached hydrogens (tertiary/aromatic N) is 3. The van der Waals surface area contributed by atoms with Crippen molar-refractivity contribution in [2.24, 2.45) is 17.3 Å². The molecule has 2 heterocycles. The van der Waals surface area contributed by atoms with Gasteiger partial charge in [0.15, 0.2) is 9.84 Å². The molecule has 0 aromatic carbocycles. The number of hydroxylamine groups is 2. The third-order valence-corrected chi connectivity index (χ3v) is 9.27. The highest BCUT2D eigenvalue weighted by molar-refractivity contribution is 7.91. The van der Waals surface area contributed by atoms with E-state index < -0.39 is 21.8 Å². The highest BCUT2D eigenvalue weighted by Crippen LogP contribution is 2.55. The maximum atomic E-state index is 13.6. The predicted octanol–water partition coefficient (Wildman–Crippen LogP) is 0.669. The van der Waals surface area contributed by atoms with Gasteiger partial charge in [0.25, 0.3) is 0 Å². The lowest BCUT2D eigenvalue weighted by Crippen LogP contribution is -2.53. The molecule has 2 atom stereocenters. The molecule has 31 heavy (non-hydrogen) atoms. The van der Waals surface area contributed by atoms with Gasteiger partial charge in [-0.3, -0.25) is 19.6 Å². The molecular weight excluding hydrogens is 422 g/mol. The Hall–Kier alpha value is -1.68. The van der Waals surface area contributed by atoms with Gasteiger partial charge in [-0.05, 0) is 37.0 Å². The maximum absolute atomic E-state index is 13.6. The molecule has 0 bridgehead atoms. The first kappa shape index (κ1) is 22.5. The average molecular weight is 456 g/mol. The normalized spacial score (nSPS) is 28.0. The van der Waals surface area contributed by atoms with Gasteiger partial charge in [-0.15, -0.1) is 0 Å². The monoisotopic (exact) mass is 455 g/mol. The molecule has 10 heteroatoms. The minimum Gasteiger partial charge on any atom is -0.339 e. The number of hydrogen-bond acceptors (Lipinski definition) is 6. The topological polar surface area (TPSA) is 115 Å². The van der Waals surface area contributed by atoms with Crippen molar-refractivity contribution in [2.75, 3.05) is 37.7 Å². The first-order chi connectivity index (χ1) is 14.7. The summed E-state index contributed by atoms with van der Waals surface area (Å²) in [6.07, 6.45) is 7.88. The van der Waals surface area contributed by atoms with E-state index in [9.17, 15) is 28.0 Å². The molecule has 1 spiro atoms. The minimum absolute atomic E-state index is 0.000675. The number of rotatable bonds is 7. The Kier molecular flexibility index (Phi) is 6.31. The zero-order valence-corrected chi connectivity index (χ0v) is 18.8. The second-order valence-corrected chi connectivity index (χ2v) is 12.3. The van der Waals surface area contributed by atoms with Crippen LogP contribution < -0.4 is 0 Å². The van der Waals surface area contributed by atoms with E-state index in [4.69, 9.17) is 0 Å². The van der Waals surface area contributed by atoms with Crippen LogP contribution in [-0.2, 0) is 24.2 Å². The summed E-state index contributed by atoms with van der Waals surface area (Å²) in [6, 6.07) is -0.578. The van der Waals surface area contributed by atoms with E-state index in [-0.39, 0.29) is 48.4 Å². The van der Waals surface area contributed by atoms with E-state index in [1.54, 1.807) is 9.80 Å². The van der Waals surface area contributed by atoms with E-state index in [1.807, 2.05) is 0 Å². The van der Waals surface area contributed by atoms with Crippen LogP contribution >= 0.6 is 0 Å². The van der Waals surface area contributed by atoms with Crippen LogP contribution in [0.2, 0.25) is 0 Å². The first-order valence-corrected chi connectivity index (χ1v) is 13.2. The van der Waals surface area contributed by atoms with Crippen molar-refractivity contribution in [3.63, 3.8) is 0 Å². The number of hydrogen-bond donors (Lipinski definition) is 1. The van der Waals surface area contributed by atoms with Crippen molar-refractivity contribution in [3.05, 3.63) is 0 Å². The first-order valence-electron chi connectivity index (χ1n) is 11.4. The van der Waals surface area contributed by atoms with Crippen LogP contribution in [0.3, 0.4) is 0 Å². The molecule has 4 rings (SSSR count). The summed E-state index contributed by atoms with van der Waals surface area (Å²) < 4.78 is 23.5. The summed E-state index contributed by atoms with van der Waals surface area (Å²) in [5, 5.41) is 10.3. The molecule has 9 nitrogen and oxygen atoms in total. The quantitative estimate of drug-likeness (QED) is 0.343. The molecule has 4 fully saturated rings. The molecule has 1 N–H and O–H groups in total. The molecule has 0 radical (unpaired) electrons. The van der Waals surface area contributed by atoms with Gasteiger partial charge in [0.2, 0.25) is 18.2 Å². The Morgan fingerprint density at radius 1 is 1.16 bits per heavy atom. The SMILES string of the molecule is O=CN(O)CC(CC1CCCC1)C(=O)N1CC2(CC2)C[C@H]1C(=O)N1CCS(=O)(=O)CC1. The van der Waals surface area contributed by atoms with Crippen LogP contribution in [0.15, 0.2) is 0 Å². The Morgan fingerprint density at radius 3 is 2.39 bits per heavy atom. The van der Waals surface area contributed by atoms with Crippen LogP contribution in [-0.4, -0.2) is 90.4 Å². The molecule has 3 amide bonds. The molecule has 2 aliphatic heterocycles. The summed E-state index contributed by atoms with van der Waals surface area (Å²) in [7, 11) is -3.10. The highest BCUT2D eigenvalue weighted by atomic mass is 32.2. The van der Waals surface area contributed by atoms with Crippen LogP contribution in [0.25, 0.3) is 0 Å². The van der Waals surface area contributed by atoms with Gasteiger partial charge in [0, 0.05) is 19.6 Å². The minimum atomic E-state index is -3.10. The van der Waals surface area contributed by atoms with Crippen molar-refractivity contribution in [1.82, 2.24) is 14.9 Å². The van der Waals surface area contributed by atoms with E-state index in [2.05, 4.69) is 0 Å². The fourth-order valence-electron chi connectivity index (χ4n) is 5.60. The molecule has 2 saturated heterocycles. The Bertz CT molecular complexity index is 807. The number of likely N-dealkylation sites (tertiary alicyclic amines) is 1. The van der Waals surface area contributed by atoms with Crippen LogP contribution in [0.5, 0.6) is 0 Å². The molecule has 0 aromatic heterocycles. The zero-order valence-electron chi connectivity index (χ0n) is 17.9. The largest absolute Gasteiger partial charge is 0.339 e. The zero-order chi connectivity index (χ0) is 22.2. The van der Waals surface area contributed by atoms with Crippen LogP contribution in [0, 0.1) is 17.3 Å². The van der Waals surface area contributed by atoms with Gasteiger partial charge >= 0.3 is 0 Å². The van der Waals surface area contributed by atoms with E-state index in [0.717, 1.165) is 38.5 Å². The van der Waals surface area contributed by atoms with E-state index in [0.29, 0.717) is 36.8 Å². The Morgan fingerprint density at radius 2 is 1.81 bits per heavy atom. The molecular formula is C21H33N3O6S. The summed E-state index contributed by atoms with van der Waals surface area (Å²) in [5.41, 5.74) is -0.000675. The highest BCUT2D eigenvalue weighted by Gasteiger charge is 2.56. The summed E-state index contributed by atoms with van der Waals surface area (Å²) >= 11 is 0. The number of amides is 3. The molecule has 174 valence electrons. The summed E-state index contributed by atoms with van der Waals surface area (Å²) in [4.78, 5) is 41.2. The van der Waals surface area contributed by atoms with Crippen molar-refractivity contribution in [3.8, 4) is 0 Å². The van der Waals surface area contributed by atoms with E-state index in [1.165, 1.54) is 0 Å². The lowest BCUT2D eigenvalue weighted by atomic mass is 9.91. The van der Waals surface area contributed by atoms with Crippen molar-refractivity contribution in [2.45, 2.75) is 57.4 Å². The lowest BCUT2D eigenvalue weighted by Gasteiger charge is -2.34. The van der Waals surface area contributed by atoms with Gasteiger partial charge < -0.3 is 9.80 Å². The standard InChI is InChI=1S/C21H33N3O6S/c25-15-23(28)13-17(11-16-3-1-2-4-16)19(26)24-14-21(5-6-21)12-18(24)20(27)22-7-9-31(29,30)10-8-22/h15-18,28H,1-14H2/t17?,18-/m0/s1. The molecule has 1 unspecified atom stereocenters. The van der Waals surface area contributed by atoms with E-state index >= 15 is 0 Å². The summed E-state index contributed by atoms with van der Waals surface area (Å²) in [5.74, 6) is -0.541. The lowest BCUT2D eigenvalue weighted by molar-refractivity contribution is -0.159. The predicted molar refractivity (Wildman–Crippen MR) is 112 cm³/mol. The second kappa shape index (κ2) is 8.69. The van der Waals surface area contributed by atoms with Gasteiger partial charge in [0.05, 0.1) is 24.0 Å².